The molecule has 0 aromatic heterocycles. The van der Waals surface area contributed by atoms with E-state index in [1.54, 1.807) is 13.8 Å². The Morgan fingerprint density at radius 2 is 1.68 bits per heavy atom. The lowest BCUT2D eigenvalue weighted by Crippen LogP contribution is -2.50. The van der Waals surface area contributed by atoms with Gasteiger partial charge in [-0.15, -0.1) is 0 Å². The topological polar surface area (TPSA) is 129 Å². The molecule has 25 heavy (non-hydrogen) atoms. The number of rotatable bonds is 8. The quantitative estimate of drug-likeness (QED) is 0.453. The first kappa shape index (κ1) is 21.6. The standard InChI is InChI=1S/C14H25N2O8P/c1-14(2)9-23-25(20,16-8-6-11(18)22-4)24-12(14)13(19)15-7-5-10(17)21-3/h12H,5-9H2,1-4H3,(H,15,19)(H,16,20)/t12-,25?/m0/s1. The molecular weight excluding hydrogens is 355 g/mol. The minimum atomic E-state index is -3.74. The summed E-state index contributed by atoms with van der Waals surface area (Å²) in [6.07, 6.45) is -1.05. The average molecular weight is 380 g/mol. The second-order valence-corrected chi connectivity index (χ2v) is 7.88. The van der Waals surface area contributed by atoms with Gasteiger partial charge in [-0.25, -0.2) is 9.65 Å². The maximum atomic E-state index is 12.6. The first-order valence-electron chi connectivity index (χ1n) is 7.73. The Morgan fingerprint density at radius 3 is 2.24 bits per heavy atom. The Morgan fingerprint density at radius 1 is 1.12 bits per heavy atom. The molecule has 1 amide bonds. The van der Waals surface area contributed by atoms with E-state index in [9.17, 15) is 18.9 Å². The van der Waals surface area contributed by atoms with Crippen molar-refractivity contribution >= 4 is 25.6 Å². The van der Waals surface area contributed by atoms with E-state index in [1.165, 1.54) is 14.2 Å². The van der Waals surface area contributed by atoms with Gasteiger partial charge >= 0.3 is 19.7 Å². The normalized spacial score (nSPS) is 25.0. The summed E-state index contributed by atoms with van der Waals surface area (Å²) in [5.41, 5.74) is -0.729. The number of hydrogen-bond acceptors (Lipinski definition) is 8. The van der Waals surface area contributed by atoms with Crippen LogP contribution >= 0.6 is 7.75 Å². The molecule has 1 heterocycles. The van der Waals surface area contributed by atoms with Crippen molar-refractivity contribution in [3.8, 4) is 0 Å². The summed E-state index contributed by atoms with van der Waals surface area (Å²) < 4.78 is 32.2. The molecule has 1 saturated heterocycles. The molecule has 0 aromatic rings. The van der Waals surface area contributed by atoms with Crippen molar-refractivity contribution in [2.24, 2.45) is 5.41 Å². The van der Waals surface area contributed by atoms with E-state index < -0.39 is 37.1 Å². The number of ether oxygens (including phenoxy) is 2. The molecule has 11 heteroatoms. The largest absolute Gasteiger partial charge is 0.469 e. The predicted molar refractivity (Wildman–Crippen MR) is 86.5 cm³/mol. The third-order valence-corrected chi connectivity index (χ3v) is 5.09. The third kappa shape index (κ3) is 6.74. The van der Waals surface area contributed by atoms with Gasteiger partial charge in [0, 0.05) is 18.5 Å². The van der Waals surface area contributed by atoms with Crippen molar-refractivity contribution in [1.29, 1.82) is 0 Å². The van der Waals surface area contributed by atoms with Gasteiger partial charge in [0.25, 0.3) is 0 Å². The van der Waals surface area contributed by atoms with Crippen molar-refractivity contribution in [1.82, 2.24) is 10.4 Å². The van der Waals surface area contributed by atoms with Crippen LogP contribution in [0.25, 0.3) is 0 Å². The molecule has 0 spiro atoms. The molecule has 1 unspecified atom stereocenters. The minimum absolute atomic E-state index is 0.0148. The summed E-state index contributed by atoms with van der Waals surface area (Å²) in [7, 11) is -1.24. The molecule has 1 aliphatic rings. The molecule has 2 N–H and O–H groups in total. The van der Waals surface area contributed by atoms with Crippen LogP contribution in [0.4, 0.5) is 0 Å². The Hall–Kier alpha value is -1.48. The van der Waals surface area contributed by atoms with Gasteiger partial charge in [0.2, 0.25) is 5.91 Å². The van der Waals surface area contributed by atoms with E-state index >= 15 is 0 Å². The first-order valence-corrected chi connectivity index (χ1v) is 9.27. The van der Waals surface area contributed by atoms with E-state index in [0.29, 0.717) is 0 Å². The van der Waals surface area contributed by atoms with Crippen molar-refractivity contribution in [2.75, 3.05) is 33.9 Å². The lowest BCUT2D eigenvalue weighted by molar-refractivity contribution is -0.142. The van der Waals surface area contributed by atoms with E-state index in [2.05, 4.69) is 19.9 Å². The number of methoxy groups -OCH3 is 2. The number of esters is 2. The smallest absolute Gasteiger partial charge is 0.406 e. The number of amides is 1. The van der Waals surface area contributed by atoms with E-state index in [4.69, 9.17) is 9.05 Å². The third-order valence-electron chi connectivity index (χ3n) is 3.52. The summed E-state index contributed by atoms with van der Waals surface area (Å²) in [4.78, 5) is 34.5. The summed E-state index contributed by atoms with van der Waals surface area (Å²) in [6, 6.07) is 0. The second kappa shape index (κ2) is 9.28. The molecular formula is C14H25N2O8P. The second-order valence-electron chi connectivity index (χ2n) is 6.10. The molecule has 0 saturated carbocycles. The summed E-state index contributed by atoms with van der Waals surface area (Å²) in [5, 5.41) is 5.08. The van der Waals surface area contributed by atoms with Gasteiger partial charge in [-0.3, -0.25) is 23.4 Å². The Kier molecular flexibility index (Phi) is 8.01. The lowest BCUT2D eigenvalue weighted by atomic mass is 9.87. The van der Waals surface area contributed by atoms with Crippen molar-refractivity contribution < 1.29 is 37.5 Å². The zero-order valence-corrected chi connectivity index (χ0v) is 15.7. The van der Waals surface area contributed by atoms with Gasteiger partial charge < -0.3 is 14.8 Å². The van der Waals surface area contributed by atoms with Crippen molar-refractivity contribution in [2.45, 2.75) is 32.8 Å². The summed E-state index contributed by atoms with van der Waals surface area (Å²) in [6.45, 7) is 3.57. The van der Waals surface area contributed by atoms with Crippen LogP contribution in [0.5, 0.6) is 0 Å². The monoisotopic (exact) mass is 380 g/mol. The molecule has 1 fully saturated rings. The van der Waals surface area contributed by atoms with E-state index in [-0.39, 0.29) is 32.5 Å². The fourth-order valence-electron chi connectivity index (χ4n) is 2.00. The van der Waals surface area contributed by atoms with Crippen LogP contribution in [0.2, 0.25) is 0 Å². The fourth-order valence-corrected chi connectivity index (χ4v) is 3.78. The van der Waals surface area contributed by atoms with Gasteiger partial charge in [0.15, 0.2) is 6.10 Å². The van der Waals surface area contributed by atoms with Crippen LogP contribution in [0, 0.1) is 5.41 Å². The molecule has 1 rings (SSSR count). The van der Waals surface area contributed by atoms with Gasteiger partial charge in [0.05, 0.1) is 33.7 Å². The van der Waals surface area contributed by atoms with Gasteiger partial charge in [-0.1, -0.05) is 13.8 Å². The van der Waals surface area contributed by atoms with Gasteiger partial charge in [0.1, 0.15) is 0 Å². The van der Waals surface area contributed by atoms with Crippen LogP contribution in [0.15, 0.2) is 0 Å². The molecule has 0 aromatic carbocycles. The van der Waals surface area contributed by atoms with E-state index in [1.807, 2.05) is 0 Å². The Bertz CT molecular complexity index is 551. The molecule has 0 bridgehead atoms. The van der Waals surface area contributed by atoms with E-state index in [0.717, 1.165) is 0 Å². The lowest BCUT2D eigenvalue weighted by Gasteiger charge is -2.40. The summed E-state index contributed by atoms with van der Waals surface area (Å²) in [5.74, 6) is -1.44. The predicted octanol–water partition coefficient (Wildman–Crippen LogP) is 0.368. The van der Waals surface area contributed by atoms with Crippen molar-refractivity contribution in [3.63, 3.8) is 0 Å². The Labute approximate surface area is 146 Å². The highest BCUT2D eigenvalue weighted by molar-refractivity contribution is 7.51. The SMILES string of the molecule is COC(=O)CCNC(=O)[C@@H]1OP(=O)(NCCC(=O)OC)OCC1(C)C. The molecule has 0 radical (unpaired) electrons. The van der Waals surface area contributed by atoms with Crippen LogP contribution < -0.4 is 10.4 Å². The number of carbonyl (C=O) groups excluding carboxylic acids is 3. The maximum absolute atomic E-state index is 12.6. The first-order chi connectivity index (χ1) is 11.6. The average Bonchev–Trinajstić information content (AvgIpc) is 2.56. The molecule has 10 nitrogen and oxygen atoms in total. The van der Waals surface area contributed by atoms with Crippen LogP contribution in [0.1, 0.15) is 26.7 Å². The van der Waals surface area contributed by atoms with Crippen LogP contribution in [-0.2, 0) is 37.5 Å². The zero-order valence-electron chi connectivity index (χ0n) is 14.8. The number of carbonyl (C=O) groups is 3. The fraction of sp³-hybridized carbons (Fsp3) is 0.786. The highest BCUT2D eigenvalue weighted by Gasteiger charge is 2.47. The molecule has 1 aliphatic heterocycles. The Balaban J connectivity index is 2.63. The minimum Gasteiger partial charge on any atom is -0.469 e. The highest BCUT2D eigenvalue weighted by atomic mass is 31.2. The van der Waals surface area contributed by atoms with Gasteiger partial charge in [-0.2, -0.15) is 0 Å². The summed E-state index contributed by atoms with van der Waals surface area (Å²) >= 11 is 0. The highest BCUT2D eigenvalue weighted by Crippen LogP contribution is 2.53. The van der Waals surface area contributed by atoms with Crippen molar-refractivity contribution in [3.05, 3.63) is 0 Å². The van der Waals surface area contributed by atoms with Crippen LogP contribution in [0.3, 0.4) is 0 Å². The number of nitrogens with one attached hydrogen (secondary N) is 2. The van der Waals surface area contributed by atoms with Crippen LogP contribution in [-0.4, -0.2) is 57.9 Å². The maximum Gasteiger partial charge on any atom is 0.406 e. The zero-order chi connectivity index (χ0) is 19.1. The molecule has 144 valence electrons. The number of hydrogen-bond donors (Lipinski definition) is 2. The molecule has 2 atom stereocenters. The molecule has 0 aliphatic carbocycles. The van der Waals surface area contributed by atoms with Gasteiger partial charge in [-0.05, 0) is 0 Å².